The van der Waals surface area contributed by atoms with Crippen molar-refractivity contribution in [2.24, 2.45) is 0 Å². The molecule has 3 aromatic rings. The minimum atomic E-state index is -3.65. The highest BCUT2D eigenvalue weighted by molar-refractivity contribution is 7.89. The second kappa shape index (κ2) is 7.40. The molecule has 1 saturated heterocycles. The molecule has 0 saturated carbocycles. The van der Waals surface area contributed by atoms with Gasteiger partial charge in [-0.2, -0.15) is 4.31 Å². The summed E-state index contributed by atoms with van der Waals surface area (Å²) in [5, 5.41) is 8.40. The van der Waals surface area contributed by atoms with Gasteiger partial charge >= 0.3 is 0 Å². The van der Waals surface area contributed by atoms with Crippen LogP contribution in [-0.4, -0.2) is 49.2 Å². The van der Waals surface area contributed by atoms with Crippen LogP contribution in [0.25, 0.3) is 22.9 Å². The minimum absolute atomic E-state index is 0.128. The fourth-order valence-electron chi connectivity index (χ4n) is 2.79. The highest BCUT2D eigenvalue weighted by Gasteiger charge is 2.27. The molecule has 0 amide bonds. The molecule has 1 fully saturated rings. The number of benzene rings is 2. The highest BCUT2D eigenvalue weighted by Crippen LogP contribution is 2.32. The van der Waals surface area contributed by atoms with E-state index in [-0.39, 0.29) is 10.8 Å². The van der Waals surface area contributed by atoms with Gasteiger partial charge < -0.3 is 9.15 Å². The third-order valence-corrected chi connectivity index (χ3v) is 6.45. The van der Waals surface area contributed by atoms with Crippen LogP contribution in [0.15, 0.2) is 57.8 Å². The van der Waals surface area contributed by atoms with Crippen LogP contribution in [0.1, 0.15) is 0 Å². The lowest BCUT2D eigenvalue weighted by Crippen LogP contribution is -2.40. The fourth-order valence-corrected chi connectivity index (χ4v) is 4.43. The van der Waals surface area contributed by atoms with Crippen molar-refractivity contribution in [3.8, 4) is 22.9 Å². The highest BCUT2D eigenvalue weighted by atomic mass is 35.5. The number of aromatic nitrogens is 2. The van der Waals surface area contributed by atoms with E-state index < -0.39 is 10.0 Å². The molecule has 0 spiro atoms. The summed E-state index contributed by atoms with van der Waals surface area (Å²) >= 11 is 6.27. The van der Waals surface area contributed by atoms with Crippen LogP contribution in [-0.2, 0) is 14.8 Å². The van der Waals surface area contributed by atoms with E-state index in [4.69, 9.17) is 20.8 Å². The number of hydrogen-bond donors (Lipinski definition) is 0. The van der Waals surface area contributed by atoms with Gasteiger partial charge in [-0.05, 0) is 30.3 Å². The Bertz CT molecular complexity index is 1050. The molecule has 9 heteroatoms. The number of ether oxygens (including phenoxy) is 1. The summed E-state index contributed by atoms with van der Waals surface area (Å²) in [5.74, 6) is 0.501. The van der Waals surface area contributed by atoms with Gasteiger partial charge in [-0.25, -0.2) is 8.42 Å². The average molecular weight is 406 g/mol. The third kappa shape index (κ3) is 3.61. The van der Waals surface area contributed by atoms with Crippen molar-refractivity contribution < 1.29 is 17.6 Å². The molecule has 0 radical (unpaired) electrons. The predicted octanol–water partition coefficient (Wildman–Crippen LogP) is 3.08. The lowest BCUT2D eigenvalue weighted by Gasteiger charge is -2.26. The number of halogens is 1. The van der Waals surface area contributed by atoms with Gasteiger partial charge in [0, 0.05) is 18.7 Å². The van der Waals surface area contributed by atoms with Gasteiger partial charge in [-0.1, -0.05) is 29.8 Å². The normalized spacial score (nSPS) is 15.7. The van der Waals surface area contributed by atoms with E-state index in [1.807, 2.05) is 30.3 Å². The summed E-state index contributed by atoms with van der Waals surface area (Å²) in [6.07, 6.45) is 0. The summed E-state index contributed by atoms with van der Waals surface area (Å²) < 4.78 is 38.1. The Balaban J connectivity index is 1.70. The monoisotopic (exact) mass is 405 g/mol. The van der Waals surface area contributed by atoms with Crippen LogP contribution in [0, 0.1) is 0 Å². The summed E-state index contributed by atoms with van der Waals surface area (Å²) in [6.45, 7) is 1.39. The molecule has 0 aliphatic carbocycles. The standard InChI is InChI=1S/C18H16ClN3O4S/c19-16-7-6-14(27(23,24)22-8-10-25-11-9-22)12-15(16)18-21-20-17(26-18)13-4-2-1-3-5-13/h1-7,12H,8-11H2. The van der Waals surface area contributed by atoms with Crippen LogP contribution in [0.3, 0.4) is 0 Å². The van der Waals surface area contributed by atoms with Gasteiger partial charge in [0.1, 0.15) is 0 Å². The van der Waals surface area contributed by atoms with E-state index in [0.717, 1.165) is 5.56 Å². The summed E-state index contributed by atoms with van der Waals surface area (Å²) in [6, 6.07) is 13.8. The number of hydrogen-bond acceptors (Lipinski definition) is 6. The Kier molecular flexibility index (Phi) is 4.96. The molecular weight excluding hydrogens is 390 g/mol. The Labute approximate surface area is 161 Å². The number of rotatable bonds is 4. The maximum atomic E-state index is 12.9. The van der Waals surface area contributed by atoms with Gasteiger partial charge in [-0.3, -0.25) is 0 Å². The van der Waals surface area contributed by atoms with Crippen LogP contribution in [0.4, 0.5) is 0 Å². The Morgan fingerprint density at radius 2 is 1.67 bits per heavy atom. The van der Waals surface area contributed by atoms with E-state index in [1.165, 1.54) is 22.5 Å². The van der Waals surface area contributed by atoms with Gasteiger partial charge in [0.05, 0.1) is 28.7 Å². The maximum absolute atomic E-state index is 12.9. The van der Waals surface area contributed by atoms with Crippen molar-refractivity contribution in [1.29, 1.82) is 0 Å². The molecule has 2 aromatic carbocycles. The van der Waals surface area contributed by atoms with Crippen molar-refractivity contribution in [2.45, 2.75) is 4.90 Å². The first kappa shape index (κ1) is 18.1. The second-order valence-electron chi connectivity index (χ2n) is 5.94. The molecule has 0 atom stereocenters. The smallest absolute Gasteiger partial charge is 0.249 e. The zero-order chi connectivity index (χ0) is 18.9. The zero-order valence-corrected chi connectivity index (χ0v) is 15.8. The molecule has 1 aliphatic heterocycles. The Morgan fingerprint density at radius 1 is 0.963 bits per heavy atom. The number of nitrogens with zero attached hydrogens (tertiary/aromatic N) is 3. The first-order valence-corrected chi connectivity index (χ1v) is 10.1. The molecular formula is C18H16ClN3O4S. The van der Waals surface area contributed by atoms with E-state index in [2.05, 4.69) is 10.2 Å². The first-order valence-electron chi connectivity index (χ1n) is 8.32. The Hall–Kier alpha value is -2.26. The van der Waals surface area contributed by atoms with Crippen molar-refractivity contribution in [2.75, 3.05) is 26.3 Å². The molecule has 4 rings (SSSR count). The average Bonchev–Trinajstić information content (AvgIpc) is 3.19. The van der Waals surface area contributed by atoms with Gasteiger partial charge in [0.2, 0.25) is 21.8 Å². The predicted molar refractivity (Wildman–Crippen MR) is 99.8 cm³/mol. The lowest BCUT2D eigenvalue weighted by molar-refractivity contribution is 0.0730. The first-order chi connectivity index (χ1) is 13.1. The van der Waals surface area contributed by atoms with Gasteiger partial charge in [0.25, 0.3) is 0 Å². The summed E-state index contributed by atoms with van der Waals surface area (Å²) in [4.78, 5) is 0.128. The molecule has 140 valence electrons. The van der Waals surface area contributed by atoms with Crippen molar-refractivity contribution in [1.82, 2.24) is 14.5 Å². The van der Waals surface area contributed by atoms with Gasteiger partial charge in [-0.15, -0.1) is 10.2 Å². The quantitative estimate of drug-likeness (QED) is 0.663. The fraction of sp³-hybridized carbons (Fsp3) is 0.222. The van der Waals surface area contributed by atoms with Crippen LogP contribution in [0.5, 0.6) is 0 Å². The van der Waals surface area contributed by atoms with Crippen molar-refractivity contribution >= 4 is 21.6 Å². The minimum Gasteiger partial charge on any atom is -0.416 e. The van der Waals surface area contributed by atoms with E-state index >= 15 is 0 Å². The second-order valence-corrected chi connectivity index (χ2v) is 8.28. The van der Waals surface area contributed by atoms with Crippen molar-refractivity contribution in [3.63, 3.8) is 0 Å². The van der Waals surface area contributed by atoms with E-state index in [9.17, 15) is 8.42 Å². The molecule has 0 bridgehead atoms. The third-order valence-electron chi connectivity index (χ3n) is 4.22. The van der Waals surface area contributed by atoms with Crippen LogP contribution >= 0.6 is 11.6 Å². The van der Waals surface area contributed by atoms with Crippen LogP contribution in [0.2, 0.25) is 5.02 Å². The number of morpholine rings is 1. The molecule has 0 unspecified atom stereocenters. The number of sulfonamides is 1. The zero-order valence-electron chi connectivity index (χ0n) is 14.2. The SMILES string of the molecule is O=S(=O)(c1ccc(Cl)c(-c2nnc(-c3ccccc3)o2)c1)N1CCOCC1. The largest absolute Gasteiger partial charge is 0.416 e. The van der Waals surface area contributed by atoms with Gasteiger partial charge in [0.15, 0.2) is 0 Å². The van der Waals surface area contributed by atoms with E-state index in [0.29, 0.717) is 42.8 Å². The molecule has 7 nitrogen and oxygen atoms in total. The molecule has 0 N–H and O–H groups in total. The summed E-state index contributed by atoms with van der Waals surface area (Å²) in [7, 11) is -3.65. The lowest BCUT2D eigenvalue weighted by atomic mass is 10.2. The maximum Gasteiger partial charge on any atom is 0.249 e. The molecule has 27 heavy (non-hydrogen) atoms. The topological polar surface area (TPSA) is 85.5 Å². The molecule has 1 aliphatic rings. The summed E-state index contributed by atoms with van der Waals surface area (Å²) in [5.41, 5.74) is 1.14. The van der Waals surface area contributed by atoms with Crippen LogP contribution < -0.4 is 0 Å². The Morgan fingerprint density at radius 3 is 2.41 bits per heavy atom. The molecule has 2 heterocycles. The van der Waals surface area contributed by atoms with E-state index in [1.54, 1.807) is 0 Å². The molecule has 1 aromatic heterocycles. The van der Waals surface area contributed by atoms with Crippen molar-refractivity contribution in [3.05, 3.63) is 53.6 Å².